The smallest absolute Gasteiger partial charge is 0.295 e. The second-order valence-electron chi connectivity index (χ2n) is 6.46. The third-order valence-electron chi connectivity index (χ3n) is 4.67. The summed E-state index contributed by atoms with van der Waals surface area (Å²) in [5.41, 5.74) is 1.07. The number of carbonyl (C=O) groups is 1. The molecule has 1 aliphatic heterocycles. The van der Waals surface area contributed by atoms with Crippen molar-refractivity contribution in [2.45, 2.75) is 6.92 Å². The van der Waals surface area contributed by atoms with Gasteiger partial charge >= 0.3 is 0 Å². The lowest BCUT2D eigenvalue weighted by Gasteiger charge is -2.34. The highest BCUT2D eigenvalue weighted by Gasteiger charge is 2.19. The second-order valence-corrected chi connectivity index (χ2v) is 6.46. The molecule has 8 nitrogen and oxygen atoms in total. The van der Waals surface area contributed by atoms with Crippen molar-refractivity contribution in [2.24, 2.45) is 0 Å². The molecule has 0 unspecified atom stereocenters. The minimum Gasteiger partial charge on any atom is -0.369 e. The van der Waals surface area contributed by atoms with Crippen LogP contribution in [-0.2, 0) is 4.79 Å². The number of amides is 1. The van der Waals surface area contributed by atoms with E-state index >= 15 is 0 Å². The Morgan fingerprint density at radius 3 is 2.48 bits per heavy atom. The van der Waals surface area contributed by atoms with Gasteiger partial charge in [0.2, 0.25) is 5.91 Å². The first-order chi connectivity index (χ1) is 13.0. The second kappa shape index (κ2) is 8.59. The van der Waals surface area contributed by atoms with E-state index in [-0.39, 0.29) is 11.6 Å². The van der Waals surface area contributed by atoms with Gasteiger partial charge in [0.25, 0.3) is 5.69 Å². The van der Waals surface area contributed by atoms with Gasteiger partial charge < -0.3 is 10.2 Å². The molecule has 8 heteroatoms. The summed E-state index contributed by atoms with van der Waals surface area (Å²) in [6, 6.07) is 12.3. The molecule has 1 saturated heterocycles. The number of carbonyl (C=O) groups excluding carboxylic acids is 1. The summed E-state index contributed by atoms with van der Waals surface area (Å²) < 4.78 is 0. The molecule has 27 heavy (non-hydrogen) atoms. The number of rotatable bonds is 6. The number of nitrogens with zero attached hydrogens (tertiary/aromatic N) is 4. The minimum atomic E-state index is -0.409. The largest absolute Gasteiger partial charge is 0.369 e. The molecule has 0 radical (unpaired) electrons. The van der Waals surface area contributed by atoms with Crippen molar-refractivity contribution in [3.63, 3.8) is 0 Å². The molecule has 0 saturated carbocycles. The monoisotopic (exact) mass is 369 g/mol. The van der Waals surface area contributed by atoms with Crippen molar-refractivity contribution in [1.29, 1.82) is 0 Å². The van der Waals surface area contributed by atoms with Crippen molar-refractivity contribution in [1.82, 2.24) is 14.8 Å². The van der Waals surface area contributed by atoms with Crippen molar-refractivity contribution in [2.75, 3.05) is 44.6 Å². The van der Waals surface area contributed by atoms with Crippen LogP contribution in [0.1, 0.15) is 6.92 Å². The van der Waals surface area contributed by atoms with E-state index in [4.69, 9.17) is 0 Å². The molecule has 1 amide bonds. The number of piperazine rings is 1. The van der Waals surface area contributed by atoms with Gasteiger partial charge in [-0.1, -0.05) is 30.3 Å². The Morgan fingerprint density at radius 1 is 1.15 bits per heavy atom. The molecule has 1 N–H and O–H groups in total. The van der Waals surface area contributed by atoms with Crippen LogP contribution in [0.4, 0.5) is 11.5 Å². The van der Waals surface area contributed by atoms with E-state index < -0.39 is 4.92 Å². The van der Waals surface area contributed by atoms with E-state index in [1.54, 1.807) is 13.0 Å². The van der Waals surface area contributed by atoms with Gasteiger partial charge in [0, 0.05) is 57.8 Å². The number of hydrogen-bond acceptors (Lipinski definition) is 6. The first kappa shape index (κ1) is 18.8. The Bertz CT molecular complexity index is 804. The van der Waals surface area contributed by atoms with Crippen molar-refractivity contribution >= 4 is 17.4 Å². The van der Waals surface area contributed by atoms with Gasteiger partial charge in [0.15, 0.2) is 5.69 Å². The van der Waals surface area contributed by atoms with Crippen LogP contribution >= 0.6 is 0 Å². The van der Waals surface area contributed by atoms with Crippen LogP contribution in [-0.4, -0.2) is 64.9 Å². The van der Waals surface area contributed by atoms with Crippen LogP contribution in [0, 0.1) is 10.1 Å². The van der Waals surface area contributed by atoms with Gasteiger partial charge in [-0.2, -0.15) is 0 Å². The number of hydrogen-bond donors (Lipinski definition) is 1. The number of pyridine rings is 1. The molecule has 1 aromatic heterocycles. The third kappa shape index (κ3) is 4.79. The predicted octanol–water partition coefficient (Wildman–Crippen LogP) is 2.23. The van der Waals surface area contributed by atoms with E-state index in [1.165, 1.54) is 6.07 Å². The Hall–Kier alpha value is -3.00. The van der Waals surface area contributed by atoms with Crippen molar-refractivity contribution < 1.29 is 9.72 Å². The number of aromatic nitrogens is 1. The molecule has 0 atom stereocenters. The SMILES string of the molecule is CC(=O)N1CCN(CCNc2ccc([N+](=O)[O-])c(-c3ccccc3)n2)CC1. The summed E-state index contributed by atoms with van der Waals surface area (Å²) >= 11 is 0. The van der Waals surface area contributed by atoms with Gasteiger partial charge in [0.1, 0.15) is 5.82 Å². The lowest BCUT2D eigenvalue weighted by molar-refractivity contribution is -0.384. The van der Waals surface area contributed by atoms with E-state index in [0.29, 0.717) is 23.6 Å². The summed E-state index contributed by atoms with van der Waals surface area (Å²) in [7, 11) is 0. The maximum atomic E-state index is 11.4. The lowest BCUT2D eigenvalue weighted by Crippen LogP contribution is -2.49. The number of nitro groups is 1. The Balaban J connectivity index is 1.61. The Morgan fingerprint density at radius 2 is 1.85 bits per heavy atom. The highest BCUT2D eigenvalue weighted by Crippen LogP contribution is 2.29. The predicted molar refractivity (Wildman–Crippen MR) is 104 cm³/mol. The van der Waals surface area contributed by atoms with Gasteiger partial charge in [-0.05, 0) is 6.07 Å². The summed E-state index contributed by atoms with van der Waals surface area (Å²) in [5.74, 6) is 0.734. The van der Waals surface area contributed by atoms with Gasteiger partial charge in [-0.15, -0.1) is 0 Å². The van der Waals surface area contributed by atoms with Gasteiger partial charge in [-0.3, -0.25) is 19.8 Å². The van der Waals surface area contributed by atoms with Crippen LogP contribution < -0.4 is 5.32 Å². The fourth-order valence-corrected chi connectivity index (χ4v) is 3.13. The molecule has 0 spiro atoms. The maximum absolute atomic E-state index is 11.4. The fraction of sp³-hybridized carbons (Fsp3) is 0.368. The van der Waals surface area contributed by atoms with Crippen LogP contribution in [0.5, 0.6) is 0 Å². The molecule has 142 valence electrons. The topological polar surface area (TPSA) is 91.6 Å². The standard InChI is InChI=1S/C19H23N5O3/c1-15(25)23-13-11-22(12-14-23)10-9-20-18-8-7-17(24(26)27)19(21-18)16-5-3-2-4-6-16/h2-8H,9-14H2,1H3,(H,20,21). The molecule has 0 aliphatic carbocycles. The van der Waals surface area contributed by atoms with Crippen LogP contribution in [0.3, 0.4) is 0 Å². The minimum absolute atomic E-state index is 0.00731. The zero-order chi connectivity index (χ0) is 19.2. The van der Waals surface area contributed by atoms with E-state index in [2.05, 4.69) is 15.2 Å². The van der Waals surface area contributed by atoms with E-state index in [9.17, 15) is 14.9 Å². The third-order valence-corrected chi connectivity index (χ3v) is 4.67. The highest BCUT2D eigenvalue weighted by molar-refractivity contribution is 5.73. The number of nitrogens with one attached hydrogen (secondary N) is 1. The van der Waals surface area contributed by atoms with Crippen LogP contribution in [0.15, 0.2) is 42.5 Å². The average molecular weight is 369 g/mol. The summed E-state index contributed by atoms with van der Waals surface area (Å²) in [6.45, 7) is 6.31. The fourth-order valence-electron chi connectivity index (χ4n) is 3.13. The first-order valence-corrected chi connectivity index (χ1v) is 8.97. The molecule has 2 aromatic rings. The van der Waals surface area contributed by atoms with Crippen LogP contribution in [0.2, 0.25) is 0 Å². The number of benzene rings is 1. The summed E-state index contributed by atoms with van der Waals surface area (Å²) in [4.78, 5) is 30.9. The zero-order valence-electron chi connectivity index (χ0n) is 15.3. The molecular formula is C19H23N5O3. The molecule has 1 aromatic carbocycles. The van der Waals surface area contributed by atoms with Gasteiger partial charge in [-0.25, -0.2) is 4.98 Å². The molecule has 2 heterocycles. The highest BCUT2D eigenvalue weighted by atomic mass is 16.6. The molecular weight excluding hydrogens is 346 g/mol. The van der Waals surface area contributed by atoms with Gasteiger partial charge in [0.05, 0.1) is 4.92 Å². The quantitative estimate of drug-likeness (QED) is 0.620. The molecule has 1 aliphatic rings. The Kier molecular flexibility index (Phi) is 5.97. The average Bonchev–Trinajstić information content (AvgIpc) is 2.69. The normalized spacial score (nSPS) is 14.8. The van der Waals surface area contributed by atoms with Crippen molar-refractivity contribution in [3.8, 4) is 11.3 Å². The summed E-state index contributed by atoms with van der Waals surface area (Å²) in [6.07, 6.45) is 0. The maximum Gasteiger partial charge on any atom is 0.295 e. The van der Waals surface area contributed by atoms with Crippen molar-refractivity contribution in [3.05, 3.63) is 52.6 Å². The van der Waals surface area contributed by atoms with Crippen LogP contribution in [0.25, 0.3) is 11.3 Å². The van der Waals surface area contributed by atoms with E-state index in [1.807, 2.05) is 35.2 Å². The first-order valence-electron chi connectivity index (χ1n) is 8.97. The Labute approximate surface area is 158 Å². The molecule has 0 bridgehead atoms. The molecule has 1 fully saturated rings. The number of anilines is 1. The lowest BCUT2D eigenvalue weighted by atomic mass is 10.1. The zero-order valence-corrected chi connectivity index (χ0v) is 15.3. The van der Waals surface area contributed by atoms with E-state index in [0.717, 1.165) is 32.7 Å². The summed E-state index contributed by atoms with van der Waals surface area (Å²) in [5, 5.41) is 14.6. The molecule has 3 rings (SSSR count).